The first kappa shape index (κ1) is 14.7. The molecule has 2 aromatic rings. The van der Waals surface area contributed by atoms with Gasteiger partial charge >= 0.3 is 0 Å². The number of carbonyl (C=O) groups is 1. The van der Waals surface area contributed by atoms with Crippen molar-refractivity contribution in [2.75, 3.05) is 13.2 Å². The molecule has 106 valence electrons. The van der Waals surface area contributed by atoms with Crippen LogP contribution in [0.5, 0.6) is 0 Å². The van der Waals surface area contributed by atoms with Crippen LogP contribution in [0.3, 0.4) is 0 Å². The second-order valence-electron chi connectivity index (χ2n) is 4.36. The second kappa shape index (κ2) is 6.67. The molecule has 0 bridgehead atoms. The lowest BCUT2D eigenvalue weighted by molar-refractivity contribution is 0.0950. The van der Waals surface area contributed by atoms with Crippen molar-refractivity contribution in [2.24, 2.45) is 0 Å². The molecular formula is C14H16BrN3O2. The second-order valence-corrected chi connectivity index (χ2v) is 5.28. The summed E-state index contributed by atoms with van der Waals surface area (Å²) in [6.45, 7) is 2.38. The number of aliphatic hydroxyl groups excluding tert-OH is 1. The predicted octanol–water partition coefficient (Wildman–Crippen LogP) is 2.06. The predicted molar refractivity (Wildman–Crippen MR) is 80.0 cm³/mol. The molecule has 6 heteroatoms. The number of hydrogen-bond acceptors (Lipinski definition) is 3. The number of nitrogens with one attached hydrogen (secondary N) is 1. The van der Waals surface area contributed by atoms with E-state index in [4.69, 9.17) is 5.11 Å². The highest BCUT2D eigenvalue weighted by atomic mass is 79.9. The van der Waals surface area contributed by atoms with Crippen LogP contribution in [0.1, 0.15) is 22.5 Å². The summed E-state index contributed by atoms with van der Waals surface area (Å²) in [5, 5.41) is 15.7. The van der Waals surface area contributed by atoms with Crippen LogP contribution in [-0.4, -0.2) is 33.9 Å². The number of nitrogens with zero attached hydrogens (tertiary/aromatic N) is 2. The molecular weight excluding hydrogens is 322 g/mol. The Hall–Kier alpha value is -1.66. The fraction of sp³-hybridized carbons (Fsp3) is 0.286. The third kappa shape index (κ3) is 3.26. The molecule has 5 nitrogen and oxygen atoms in total. The monoisotopic (exact) mass is 337 g/mol. The average molecular weight is 338 g/mol. The fourth-order valence-corrected chi connectivity index (χ4v) is 2.12. The van der Waals surface area contributed by atoms with E-state index in [0.717, 1.165) is 15.9 Å². The first-order valence-corrected chi connectivity index (χ1v) is 7.12. The van der Waals surface area contributed by atoms with Gasteiger partial charge in [-0.25, -0.2) is 4.68 Å². The Kier molecular flexibility index (Phi) is 4.92. The summed E-state index contributed by atoms with van der Waals surface area (Å²) >= 11 is 3.39. The van der Waals surface area contributed by atoms with Crippen LogP contribution < -0.4 is 5.32 Å². The minimum absolute atomic E-state index is 0.0669. The van der Waals surface area contributed by atoms with Gasteiger partial charge in [-0.15, -0.1) is 0 Å². The zero-order valence-corrected chi connectivity index (χ0v) is 12.7. The number of amides is 1. The van der Waals surface area contributed by atoms with Crippen molar-refractivity contribution in [1.82, 2.24) is 15.1 Å². The maximum atomic E-state index is 12.0. The number of aliphatic hydroxyl groups is 1. The third-order valence-corrected chi connectivity index (χ3v) is 3.47. The maximum Gasteiger partial charge on any atom is 0.254 e. The van der Waals surface area contributed by atoms with E-state index in [9.17, 15) is 4.79 Å². The van der Waals surface area contributed by atoms with E-state index in [0.29, 0.717) is 18.5 Å². The van der Waals surface area contributed by atoms with Gasteiger partial charge in [-0.1, -0.05) is 15.9 Å². The summed E-state index contributed by atoms with van der Waals surface area (Å²) < 4.78 is 2.72. The van der Waals surface area contributed by atoms with Crippen LogP contribution in [-0.2, 0) is 0 Å². The highest BCUT2D eigenvalue weighted by molar-refractivity contribution is 9.10. The summed E-state index contributed by atoms with van der Waals surface area (Å²) in [6, 6.07) is 7.71. The van der Waals surface area contributed by atoms with Crippen molar-refractivity contribution in [1.29, 1.82) is 0 Å². The van der Waals surface area contributed by atoms with Gasteiger partial charge in [0.05, 0.1) is 23.1 Å². The normalized spacial score (nSPS) is 10.6. The Labute approximate surface area is 125 Å². The van der Waals surface area contributed by atoms with Crippen molar-refractivity contribution < 1.29 is 9.90 Å². The van der Waals surface area contributed by atoms with Crippen LogP contribution in [0.15, 0.2) is 34.9 Å². The van der Waals surface area contributed by atoms with Gasteiger partial charge in [0.25, 0.3) is 5.91 Å². The minimum atomic E-state index is -0.167. The van der Waals surface area contributed by atoms with Gasteiger partial charge < -0.3 is 10.4 Å². The van der Waals surface area contributed by atoms with E-state index in [-0.39, 0.29) is 12.5 Å². The molecule has 0 fully saturated rings. The molecule has 0 atom stereocenters. The summed E-state index contributed by atoms with van der Waals surface area (Å²) in [5.41, 5.74) is 2.24. The van der Waals surface area contributed by atoms with Crippen LogP contribution in [0, 0.1) is 6.92 Å². The van der Waals surface area contributed by atoms with Gasteiger partial charge in [-0.3, -0.25) is 4.79 Å². The number of aromatic nitrogens is 2. The lowest BCUT2D eigenvalue weighted by atomic mass is 10.2. The molecule has 0 aliphatic heterocycles. The zero-order chi connectivity index (χ0) is 14.5. The van der Waals surface area contributed by atoms with E-state index in [1.807, 2.05) is 31.2 Å². The molecule has 1 aromatic carbocycles. The molecule has 1 aromatic heterocycles. The van der Waals surface area contributed by atoms with E-state index in [2.05, 4.69) is 26.3 Å². The zero-order valence-electron chi connectivity index (χ0n) is 11.1. The van der Waals surface area contributed by atoms with Gasteiger partial charge in [-0.05, 0) is 37.6 Å². The van der Waals surface area contributed by atoms with E-state index in [1.54, 1.807) is 10.9 Å². The summed E-state index contributed by atoms with van der Waals surface area (Å²) in [7, 11) is 0. The van der Waals surface area contributed by atoms with Crippen LogP contribution >= 0.6 is 15.9 Å². The molecule has 0 saturated heterocycles. The first-order valence-electron chi connectivity index (χ1n) is 6.33. The number of benzene rings is 1. The lowest BCUT2D eigenvalue weighted by Crippen LogP contribution is -2.25. The number of hydrogen-bond donors (Lipinski definition) is 2. The topological polar surface area (TPSA) is 67.2 Å². The van der Waals surface area contributed by atoms with Gasteiger partial charge in [-0.2, -0.15) is 5.10 Å². The Bertz CT molecular complexity index is 593. The SMILES string of the molecule is Cc1c(C(=O)NCCCO)cnn1-c1ccc(Br)cc1. The molecule has 2 N–H and O–H groups in total. The number of carbonyl (C=O) groups excluding carboxylic acids is 1. The van der Waals surface area contributed by atoms with Crippen molar-refractivity contribution in [2.45, 2.75) is 13.3 Å². The quantitative estimate of drug-likeness (QED) is 0.820. The minimum Gasteiger partial charge on any atom is -0.396 e. The molecule has 2 rings (SSSR count). The Morgan fingerprint density at radius 1 is 1.40 bits per heavy atom. The Balaban J connectivity index is 2.18. The summed E-state index contributed by atoms with van der Waals surface area (Å²) in [6.07, 6.45) is 2.11. The first-order chi connectivity index (χ1) is 9.63. The standard InChI is InChI=1S/C14H16BrN3O2/c1-10-13(14(20)16-7-2-8-19)9-17-18(10)12-5-3-11(15)4-6-12/h3-6,9,19H,2,7-8H2,1H3,(H,16,20). The number of rotatable bonds is 5. The highest BCUT2D eigenvalue weighted by Crippen LogP contribution is 2.17. The molecule has 0 aliphatic carbocycles. The molecule has 0 unspecified atom stereocenters. The molecule has 20 heavy (non-hydrogen) atoms. The molecule has 1 amide bonds. The summed E-state index contributed by atoms with van der Waals surface area (Å²) in [5.74, 6) is -0.167. The Morgan fingerprint density at radius 3 is 2.75 bits per heavy atom. The van der Waals surface area contributed by atoms with Gasteiger partial charge in [0, 0.05) is 17.6 Å². The number of halogens is 1. The molecule has 0 spiro atoms. The lowest BCUT2D eigenvalue weighted by Gasteiger charge is -2.06. The largest absolute Gasteiger partial charge is 0.396 e. The smallest absolute Gasteiger partial charge is 0.254 e. The highest BCUT2D eigenvalue weighted by Gasteiger charge is 2.14. The Morgan fingerprint density at radius 2 is 2.10 bits per heavy atom. The van der Waals surface area contributed by atoms with Crippen molar-refractivity contribution >= 4 is 21.8 Å². The third-order valence-electron chi connectivity index (χ3n) is 2.95. The van der Waals surface area contributed by atoms with Crippen molar-refractivity contribution in [3.8, 4) is 5.69 Å². The van der Waals surface area contributed by atoms with E-state index < -0.39 is 0 Å². The average Bonchev–Trinajstić information content (AvgIpc) is 2.82. The summed E-state index contributed by atoms with van der Waals surface area (Å²) in [4.78, 5) is 12.0. The molecule has 1 heterocycles. The van der Waals surface area contributed by atoms with Crippen LogP contribution in [0.25, 0.3) is 5.69 Å². The van der Waals surface area contributed by atoms with E-state index >= 15 is 0 Å². The fourth-order valence-electron chi connectivity index (χ4n) is 1.85. The van der Waals surface area contributed by atoms with Crippen molar-refractivity contribution in [3.05, 3.63) is 46.2 Å². The molecule has 0 saturated carbocycles. The van der Waals surface area contributed by atoms with Gasteiger partial charge in [0.15, 0.2) is 0 Å². The molecule has 0 radical (unpaired) electrons. The maximum absolute atomic E-state index is 12.0. The van der Waals surface area contributed by atoms with Crippen LogP contribution in [0.2, 0.25) is 0 Å². The molecule has 0 aliphatic rings. The van der Waals surface area contributed by atoms with Crippen molar-refractivity contribution in [3.63, 3.8) is 0 Å². The van der Waals surface area contributed by atoms with Crippen LogP contribution in [0.4, 0.5) is 0 Å². The van der Waals surface area contributed by atoms with Gasteiger partial charge in [0.1, 0.15) is 0 Å². The van der Waals surface area contributed by atoms with Gasteiger partial charge in [0.2, 0.25) is 0 Å². The van der Waals surface area contributed by atoms with E-state index in [1.165, 1.54) is 0 Å².